The van der Waals surface area contributed by atoms with E-state index in [-0.39, 0.29) is 12.5 Å². The summed E-state index contributed by atoms with van der Waals surface area (Å²) in [5, 5.41) is 9.85. The van der Waals surface area contributed by atoms with Gasteiger partial charge in [-0.05, 0) is 50.2 Å². The predicted molar refractivity (Wildman–Crippen MR) is 93.3 cm³/mol. The molecule has 0 spiro atoms. The van der Waals surface area contributed by atoms with Crippen molar-refractivity contribution in [2.45, 2.75) is 20.4 Å². The largest absolute Gasteiger partial charge is 0.497 e. The number of rotatable bonds is 5. The number of aromatic amines is 1. The summed E-state index contributed by atoms with van der Waals surface area (Å²) in [4.78, 5) is 21.0. The van der Waals surface area contributed by atoms with E-state index in [1.54, 1.807) is 13.2 Å². The third-order valence-electron chi connectivity index (χ3n) is 3.77. The van der Waals surface area contributed by atoms with Crippen molar-refractivity contribution >= 4 is 5.91 Å². The molecule has 1 aromatic carbocycles. The SMILES string of the molecule is COc1ccc(-c2n[nH]c(CNC(=O)c3ccc(C)nc3C)n2)cc1. The Morgan fingerprint density at radius 3 is 2.56 bits per heavy atom. The number of H-pyrrole nitrogens is 1. The zero-order valence-electron chi connectivity index (χ0n) is 14.3. The van der Waals surface area contributed by atoms with Crippen LogP contribution in [0.3, 0.4) is 0 Å². The molecule has 0 aliphatic heterocycles. The van der Waals surface area contributed by atoms with Crippen LogP contribution in [0.5, 0.6) is 5.75 Å². The molecule has 0 aliphatic carbocycles. The molecular weight excluding hydrogens is 318 g/mol. The van der Waals surface area contributed by atoms with Gasteiger partial charge in [-0.1, -0.05) is 0 Å². The van der Waals surface area contributed by atoms with Crippen LogP contribution >= 0.6 is 0 Å². The second-order valence-corrected chi connectivity index (χ2v) is 5.60. The molecule has 25 heavy (non-hydrogen) atoms. The molecule has 2 N–H and O–H groups in total. The predicted octanol–water partition coefficient (Wildman–Crippen LogP) is 2.42. The van der Waals surface area contributed by atoms with Crippen molar-refractivity contribution in [2.24, 2.45) is 0 Å². The van der Waals surface area contributed by atoms with Crippen LogP contribution in [-0.4, -0.2) is 33.2 Å². The highest BCUT2D eigenvalue weighted by Gasteiger charge is 2.11. The molecule has 0 fully saturated rings. The van der Waals surface area contributed by atoms with Gasteiger partial charge in [0, 0.05) is 11.3 Å². The lowest BCUT2D eigenvalue weighted by Crippen LogP contribution is -2.24. The third kappa shape index (κ3) is 3.82. The van der Waals surface area contributed by atoms with E-state index in [9.17, 15) is 4.79 Å². The minimum absolute atomic E-state index is 0.188. The van der Waals surface area contributed by atoms with Crippen LogP contribution in [0.2, 0.25) is 0 Å². The molecule has 128 valence electrons. The Bertz CT molecular complexity index is 887. The highest BCUT2D eigenvalue weighted by molar-refractivity contribution is 5.95. The fourth-order valence-corrected chi connectivity index (χ4v) is 2.43. The van der Waals surface area contributed by atoms with Crippen molar-refractivity contribution in [2.75, 3.05) is 7.11 Å². The number of nitrogens with zero attached hydrogens (tertiary/aromatic N) is 3. The minimum atomic E-state index is -0.188. The van der Waals surface area contributed by atoms with E-state index in [4.69, 9.17) is 4.74 Å². The number of carbonyl (C=O) groups excluding carboxylic acids is 1. The van der Waals surface area contributed by atoms with Crippen LogP contribution in [0.25, 0.3) is 11.4 Å². The number of pyridine rings is 1. The first kappa shape index (κ1) is 16.6. The summed E-state index contributed by atoms with van der Waals surface area (Å²) in [5.74, 6) is 1.73. The number of aryl methyl sites for hydroxylation is 2. The molecule has 0 saturated heterocycles. The lowest BCUT2D eigenvalue weighted by Gasteiger charge is -2.06. The number of methoxy groups -OCH3 is 1. The van der Waals surface area contributed by atoms with Gasteiger partial charge in [0.15, 0.2) is 5.82 Å². The fourth-order valence-electron chi connectivity index (χ4n) is 2.43. The number of ether oxygens (including phenoxy) is 1. The molecular formula is C18H19N5O2. The lowest BCUT2D eigenvalue weighted by atomic mass is 10.2. The summed E-state index contributed by atoms with van der Waals surface area (Å²) < 4.78 is 5.13. The molecule has 7 heteroatoms. The summed E-state index contributed by atoms with van der Waals surface area (Å²) in [6, 6.07) is 11.0. The number of nitrogens with one attached hydrogen (secondary N) is 2. The summed E-state index contributed by atoms with van der Waals surface area (Å²) in [5.41, 5.74) is 3.01. The minimum Gasteiger partial charge on any atom is -0.497 e. The quantitative estimate of drug-likeness (QED) is 0.746. The molecule has 2 heterocycles. The Morgan fingerprint density at radius 2 is 1.88 bits per heavy atom. The molecule has 0 radical (unpaired) electrons. The number of aromatic nitrogens is 4. The first-order chi connectivity index (χ1) is 12.1. The van der Waals surface area contributed by atoms with E-state index in [0.717, 1.165) is 17.0 Å². The molecule has 1 amide bonds. The van der Waals surface area contributed by atoms with Crippen molar-refractivity contribution in [1.82, 2.24) is 25.5 Å². The van der Waals surface area contributed by atoms with Crippen molar-refractivity contribution < 1.29 is 9.53 Å². The first-order valence-corrected chi connectivity index (χ1v) is 7.85. The van der Waals surface area contributed by atoms with Gasteiger partial charge in [0.05, 0.1) is 24.9 Å². The molecule has 2 aromatic heterocycles. The number of benzene rings is 1. The van der Waals surface area contributed by atoms with Crippen LogP contribution in [0.4, 0.5) is 0 Å². The molecule has 3 aromatic rings. The molecule has 0 aliphatic rings. The number of amides is 1. The Morgan fingerprint density at radius 1 is 1.12 bits per heavy atom. The average Bonchev–Trinajstić information content (AvgIpc) is 3.09. The van der Waals surface area contributed by atoms with Crippen molar-refractivity contribution in [3.05, 3.63) is 59.2 Å². The zero-order chi connectivity index (χ0) is 17.8. The Kier molecular flexibility index (Phi) is 4.74. The van der Waals surface area contributed by atoms with Gasteiger partial charge in [-0.2, -0.15) is 5.10 Å². The Hall–Kier alpha value is -3.22. The molecule has 0 saturated carbocycles. The monoisotopic (exact) mass is 337 g/mol. The maximum atomic E-state index is 12.3. The normalized spacial score (nSPS) is 10.5. The van der Waals surface area contributed by atoms with Gasteiger partial charge in [0.25, 0.3) is 5.91 Å². The highest BCUT2D eigenvalue weighted by Crippen LogP contribution is 2.18. The number of hydrogen-bond acceptors (Lipinski definition) is 5. The molecule has 3 rings (SSSR count). The van der Waals surface area contributed by atoms with Gasteiger partial charge >= 0.3 is 0 Å². The standard InChI is InChI=1S/C18H19N5O2/c1-11-4-9-15(12(2)20-11)18(24)19-10-16-21-17(23-22-16)13-5-7-14(25-3)8-6-13/h4-9H,10H2,1-3H3,(H,19,24)(H,21,22,23). The summed E-state index contributed by atoms with van der Waals surface area (Å²) in [7, 11) is 1.62. The molecule has 7 nitrogen and oxygen atoms in total. The van der Waals surface area contributed by atoms with Crippen LogP contribution in [0.15, 0.2) is 36.4 Å². The van der Waals surface area contributed by atoms with Gasteiger partial charge in [-0.25, -0.2) is 4.98 Å². The van der Waals surface area contributed by atoms with E-state index in [2.05, 4.69) is 25.5 Å². The van der Waals surface area contributed by atoms with E-state index in [0.29, 0.717) is 22.9 Å². The van der Waals surface area contributed by atoms with Crippen molar-refractivity contribution in [3.63, 3.8) is 0 Å². The van der Waals surface area contributed by atoms with Crippen LogP contribution in [-0.2, 0) is 6.54 Å². The van der Waals surface area contributed by atoms with E-state index >= 15 is 0 Å². The van der Waals surface area contributed by atoms with Crippen molar-refractivity contribution in [3.8, 4) is 17.1 Å². The maximum absolute atomic E-state index is 12.3. The van der Waals surface area contributed by atoms with Gasteiger partial charge in [-0.3, -0.25) is 14.9 Å². The average molecular weight is 337 g/mol. The van der Waals surface area contributed by atoms with Crippen LogP contribution in [0, 0.1) is 13.8 Å². The molecule has 0 unspecified atom stereocenters. The van der Waals surface area contributed by atoms with E-state index in [1.165, 1.54) is 0 Å². The third-order valence-corrected chi connectivity index (χ3v) is 3.77. The topological polar surface area (TPSA) is 92.8 Å². The van der Waals surface area contributed by atoms with Gasteiger partial charge in [-0.15, -0.1) is 0 Å². The maximum Gasteiger partial charge on any atom is 0.253 e. The van der Waals surface area contributed by atoms with Crippen LogP contribution < -0.4 is 10.1 Å². The summed E-state index contributed by atoms with van der Waals surface area (Å²) in [6.07, 6.45) is 0. The van der Waals surface area contributed by atoms with Crippen LogP contribution in [0.1, 0.15) is 27.6 Å². The molecule has 0 atom stereocenters. The van der Waals surface area contributed by atoms with E-state index < -0.39 is 0 Å². The molecule has 0 bridgehead atoms. The fraction of sp³-hybridized carbons (Fsp3) is 0.222. The van der Waals surface area contributed by atoms with Gasteiger partial charge < -0.3 is 10.1 Å². The first-order valence-electron chi connectivity index (χ1n) is 7.85. The highest BCUT2D eigenvalue weighted by atomic mass is 16.5. The number of hydrogen-bond donors (Lipinski definition) is 2. The summed E-state index contributed by atoms with van der Waals surface area (Å²) >= 11 is 0. The van der Waals surface area contributed by atoms with Gasteiger partial charge in [0.2, 0.25) is 0 Å². The second-order valence-electron chi connectivity index (χ2n) is 5.60. The zero-order valence-corrected chi connectivity index (χ0v) is 14.3. The second kappa shape index (κ2) is 7.12. The lowest BCUT2D eigenvalue weighted by molar-refractivity contribution is 0.0949. The Balaban J connectivity index is 1.66. The Labute approximate surface area is 145 Å². The smallest absolute Gasteiger partial charge is 0.253 e. The van der Waals surface area contributed by atoms with Gasteiger partial charge in [0.1, 0.15) is 11.6 Å². The number of carbonyl (C=O) groups is 1. The van der Waals surface area contributed by atoms with Crippen molar-refractivity contribution in [1.29, 1.82) is 0 Å². The summed E-state index contributed by atoms with van der Waals surface area (Å²) in [6.45, 7) is 3.97. The van der Waals surface area contributed by atoms with E-state index in [1.807, 2.05) is 44.2 Å².